The Morgan fingerprint density at radius 2 is 1.94 bits per heavy atom. The first-order valence-corrected chi connectivity index (χ1v) is 6.43. The minimum absolute atomic E-state index is 0.751. The third-order valence-corrected chi connectivity index (χ3v) is 2.21. The molecule has 0 heterocycles. The molecule has 0 unspecified atom stereocenters. The normalized spacial score (nSPS) is 13.0. The highest BCUT2D eigenvalue weighted by Gasteiger charge is 1.94. The van der Waals surface area contributed by atoms with Crippen molar-refractivity contribution in [2.24, 2.45) is 9.50 Å². The average molecular weight is 239 g/mol. The molecule has 86 valence electrons. The largest absolute Gasteiger partial charge is 0.267 e. The van der Waals surface area contributed by atoms with Crippen LogP contribution in [0.15, 0.2) is 39.8 Å². The smallest absolute Gasteiger partial charge is 0.251 e. The van der Waals surface area contributed by atoms with Gasteiger partial charge in [0, 0.05) is 0 Å². The van der Waals surface area contributed by atoms with Gasteiger partial charge in [0.05, 0.1) is 12.0 Å². The van der Waals surface area contributed by atoms with Crippen LogP contribution in [0.25, 0.3) is 0 Å². The second-order valence-electron chi connectivity index (χ2n) is 3.16. The van der Waals surface area contributed by atoms with E-state index in [4.69, 9.17) is 0 Å². The lowest BCUT2D eigenvalue weighted by Gasteiger charge is -1.98. The molecule has 0 fully saturated rings. The van der Waals surface area contributed by atoms with E-state index >= 15 is 0 Å². The third-order valence-electron chi connectivity index (χ3n) is 1.73. The Kier molecular flexibility index (Phi) is 4.19. The van der Waals surface area contributed by atoms with Gasteiger partial charge in [-0.3, -0.25) is 5.43 Å². The lowest BCUT2D eigenvalue weighted by Crippen LogP contribution is -2.08. The van der Waals surface area contributed by atoms with Crippen LogP contribution in [-0.4, -0.2) is 26.7 Å². The molecule has 0 aliphatic rings. The predicted octanol–water partition coefficient (Wildman–Crippen LogP) is 0.988. The first-order chi connectivity index (χ1) is 7.49. The number of nitrogens with one attached hydrogen (secondary N) is 1. The van der Waals surface area contributed by atoms with Crippen molar-refractivity contribution < 1.29 is 8.42 Å². The number of benzene rings is 1. The zero-order chi connectivity index (χ0) is 12.0. The molecule has 0 spiro atoms. The second-order valence-corrected chi connectivity index (χ2v) is 4.84. The number of rotatable bonds is 4. The van der Waals surface area contributed by atoms with E-state index in [-0.39, 0.29) is 0 Å². The minimum atomic E-state index is -3.35. The fourth-order valence-electron chi connectivity index (χ4n) is 0.989. The van der Waals surface area contributed by atoms with E-state index in [1.54, 1.807) is 0 Å². The van der Waals surface area contributed by atoms with Gasteiger partial charge in [0.1, 0.15) is 6.34 Å². The van der Waals surface area contributed by atoms with Crippen LogP contribution >= 0.6 is 0 Å². The number of hydrogen-bond acceptors (Lipinski definition) is 3. The highest BCUT2D eigenvalue weighted by atomic mass is 32.2. The van der Waals surface area contributed by atoms with E-state index in [1.807, 2.05) is 37.3 Å². The quantitative estimate of drug-likeness (QED) is 0.484. The van der Waals surface area contributed by atoms with Crippen molar-refractivity contribution in [3.8, 4) is 0 Å². The standard InChI is InChI=1S/C10H13N3O2S/c1-9(10-6-4-3-5-7-10)13-11-8-12-16(2,14)15/h3-8H,1-2H3,(H,11,12). The number of hydrazone groups is 1. The summed E-state index contributed by atoms with van der Waals surface area (Å²) in [4.78, 5) is 0. The summed E-state index contributed by atoms with van der Waals surface area (Å²) in [6.07, 6.45) is 2.06. The van der Waals surface area contributed by atoms with Crippen LogP contribution in [0.3, 0.4) is 0 Å². The highest BCUT2D eigenvalue weighted by molar-refractivity contribution is 7.89. The van der Waals surface area contributed by atoms with E-state index in [2.05, 4.69) is 14.9 Å². The van der Waals surface area contributed by atoms with Crippen molar-refractivity contribution in [1.82, 2.24) is 5.43 Å². The van der Waals surface area contributed by atoms with Gasteiger partial charge in [0.25, 0.3) is 10.0 Å². The Labute approximate surface area is 95.0 Å². The molecule has 0 bridgehead atoms. The van der Waals surface area contributed by atoms with E-state index in [1.165, 1.54) is 0 Å². The zero-order valence-electron chi connectivity index (χ0n) is 9.08. The summed E-state index contributed by atoms with van der Waals surface area (Å²) in [6, 6.07) is 9.54. The molecule has 1 rings (SSSR count). The summed E-state index contributed by atoms with van der Waals surface area (Å²) in [5.41, 5.74) is 4.17. The molecule has 0 aliphatic carbocycles. The Hall–Kier alpha value is -1.69. The van der Waals surface area contributed by atoms with Crippen molar-refractivity contribution in [3.05, 3.63) is 35.9 Å². The number of hydrogen-bond donors (Lipinski definition) is 1. The summed E-state index contributed by atoms with van der Waals surface area (Å²) in [5.74, 6) is 0. The fourth-order valence-corrected chi connectivity index (χ4v) is 1.23. The van der Waals surface area contributed by atoms with Gasteiger partial charge in [0.2, 0.25) is 0 Å². The summed E-state index contributed by atoms with van der Waals surface area (Å²) in [6.45, 7) is 1.82. The molecule has 0 saturated carbocycles. The van der Waals surface area contributed by atoms with Crippen LogP contribution in [0.2, 0.25) is 0 Å². The number of sulfonamides is 1. The SMILES string of the molecule is CC(=NN/C=N/S(C)(=O)=O)c1ccccc1. The molecule has 16 heavy (non-hydrogen) atoms. The van der Waals surface area contributed by atoms with Gasteiger partial charge in [-0.05, 0) is 12.5 Å². The van der Waals surface area contributed by atoms with Crippen LogP contribution in [-0.2, 0) is 10.0 Å². The fraction of sp³-hybridized carbons (Fsp3) is 0.200. The van der Waals surface area contributed by atoms with Gasteiger partial charge in [-0.15, -0.1) is 0 Å². The van der Waals surface area contributed by atoms with Crippen molar-refractivity contribution >= 4 is 22.1 Å². The van der Waals surface area contributed by atoms with Crippen molar-refractivity contribution in [2.45, 2.75) is 6.92 Å². The lowest BCUT2D eigenvalue weighted by molar-refractivity contribution is 0.603. The monoisotopic (exact) mass is 239 g/mol. The molecule has 0 aliphatic heterocycles. The van der Waals surface area contributed by atoms with Gasteiger partial charge in [-0.1, -0.05) is 30.3 Å². The maximum atomic E-state index is 10.7. The lowest BCUT2D eigenvalue weighted by atomic mass is 10.1. The second kappa shape index (κ2) is 5.41. The molecule has 0 saturated heterocycles. The third kappa shape index (κ3) is 4.70. The van der Waals surface area contributed by atoms with Crippen molar-refractivity contribution in [1.29, 1.82) is 0 Å². The van der Waals surface area contributed by atoms with Gasteiger partial charge >= 0.3 is 0 Å². The minimum Gasteiger partial charge on any atom is -0.267 e. The summed E-state index contributed by atoms with van der Waals surface area (Å²) in [7, 11) is -3.35. The first-order valence-electron chi connectivity index (χ1n) is 4.58. The molecule has 1 aromatic carbocycles. The van der Waals surface area contributed by atoms with Crippen molar-refractivity contribution in [3.63, 3.8) is 0 Å². The maximum Gasteiger partial charge on any atom is 0.251 e. The predicted molar refractivity (Wildman–Crippen MR) is 65.1 cm³/mol. The topological polar surface area (TPSA) is 70.9 Å². The summed E-state index contributed by atoms with van der Waals surface area (Å²) in [5, 5.41) is 3.95. The van der Waals surface area contributed by atoms with E-state index < -0.39 is 10.0 Å². The Morgan fingerprint density at radius 1 is 1.31 bits per heavy atom. The zero-order valence-corrected chi connectivity index (χ0v) is 9.90. The Bertz CT molecular complexity index is 492. The van der Waals surface area contributed by atoms with Crippen LogP contribution < -0.4 is 5.43 Å². The van der Waals surface area contributed by atoms with Gasteiger partial charge in [-0.2, -0.15) is 9.50 Å². The molecule has 0 aromatic heterocycles. The molecule has 6 heteroatoms. The Morgan fingerprint density at radius 3 is 2.50 bits per heavy atom. The molecule has 1 N–H and O–H groups in total. The molecule has 1 aromatic rings. The van der Waals surface area contributed by atoms with Crippen LogP contribution in [0.1, 0.15) is 12.5 Å². The maximum absolute atomic E-state index is 10.7. The molecule has 0 atom stereocenters. The van der Waals surface area contributed by atoms with E-state index in [0.29, 0.717) is 0 Å². The van der Waals surface area contributed by atoms with Gasteiger partial charge < -0.3 is 0 Å². The molecule has 5 nitrogen and oxygen atoms in total. The van der Waals surface area contributed by atoms with Crippen LogP contribution in [0, 0.1) is 0 Å². The summed E-state index contributed by atoms with van der Waals surface area (Å²) < 4.78 is 24.6. The number of nitrogens with zero attached hydrogens (tertiary/aromatic N) is 2. The van der Waals surface area contributed by atoms with E-state index in [0.717, 1.165) is 23.9 Å². The van der Waals surface area contributed by atoms with Gasteiger partial charge in [-0.25, -0.2) is 8.42 Å². The highest BCUT2D eigenvalue weighted by Crippen LogP contribution is 1.99. The van der Waals surface area contributed by atoms with Crippen LogP contribution in [0.5, 0.6) is 0 Å². The van der Waals surface area contributed by atoms with E-state index in [9.17, 15) is 8.42 Å². The van der Waals surface area contributed by atoms with Crippen molar-refractivity contribution in [2.75, 3.05) is 6.26 Å². The molecular weight excluding hydrogens is 226 g/mol. The summed E-state index contributed by atoms with van der Waals surface area (Å²) >= 11 is 0. The average Bonchev–Trinajstić information content (AvgIpc) is 2.24. The Balaban J connectivity index is 2.63. The van der Waals surface area contributed by atoms with Crippen LogP contribution in [0.4, 0.5) is 0 Å². The first kappa shape index (κ1) is 12.4. The van der Waals surface area contributed by atoms with Gasteiger partial charge in [0.15, 0.2) is 0 Å². The molecule has 0 radical (unpaired) electrons. The molecular formula is C10H13N3O2S. The molecule has 0 amide bonds.